The lowest BCUT2D eigenvalue weighted by molar-refractivity contribution is -0.0183. The van der Waals surface area contributed by atoms with Crippen molar-refractivity contribution in [3.63, 3.8) is 0 Å². The number of rotatable bonds is 7. The molecule has 0 spiro atoms. The number of pyridine rings is 1. The summed E-state index contributed by atoms with van der Waals surface area (Å²) < 4.78 is 12.5. The molecular formula is C21H25N3O3S. The predicted molar refractivity (Wildman–Crippen MR) is 112 cm³/mol. The van der Waals surface area contributed by atoms with E-state index in [0.717, 1.165) is 27.0 Å². The molecule has 0 aliphatic carbocycles. The molecule has 3 aromatic rings. The summed E-state index contributed by atoms with van der Waals surface area (Å²) in [5.74, 6) is 0.985. The number of amides is 1. The monoisotopic (exact) mass is 399 g/mol. The minimum absolute atomic E-state index is 0.203. The van der Waals surface area contributed by atoms with E-state index in [0.29, 0.717) is 18.1 Å². The van der Waals surface area contributed by atoms with E-state index in [2.05, 4.69) is 29.9 Å². The average Bonchev–Trinajstić information content (AvgIpc) is 3.08. The number of ether oxygens (including phenoxy) is 2. The Morgan fingerprint density at radius 1 is 1.29 bits per heavy atom. The molecule has 0 radical (unpaired) electrons. The minimum Gasteiger partial charge on any atom is -0.487 e. The van der Waals surface area contributed by atoms with Gasteiger partial charge >= 0.3 is 6.09 Å². The number of thiazole rings is 1. The van der Waals surface area contributed by atoms with Crippen molar-refractivity contribution in [3.05, 3.63) is 41.7 Å². The molecule has 0 aliphatic heterocycles. The fourth-order valence-corrected chi connectivity index (χ4v) is 4.29. The zero-order chi connectivity index (χ0) is 20.3. The molecule has 0 saturated heterocycles. The summed E-state index contributed by atoms with van der Waals surface area (Å²) in [6.07, 6.45) is 1.65. The fourth-order valence-electron chi connectivity index (χ4n) is 3.45. The summed E-state index contributed by atoms with van der Waals surface area (Å²) in [4.78, 5) is 20.1. The lowest BCUT2D eigenvalue weighted by Gasteiger charge is -2.30. The lowest BCUT2D eigenvalue weighted by Crippen LogP contribution is -2.41. The van der Waals surface area contributed by atoms with Crippen LogP contribution in [0.15, 0.2) is 36.0 Å². The molecule has 2 N–H and O–H groups in total. The molecular weight excluding hydrogens is 374 g/mol. The maximum absolute atomic E-state index is 11.3. The molecule has 0 bridgehead atoms. The number of fused-ring (bicyclic) bond motifs is 1. The second kappa shape index (κ2) is 8.14. The maximum atomic E-state index is 11.3. The van der Waals surface area contributed by atoms with Crippen molar-refractivity contribution < 1.29 is 14.3 Å². The van der Waals surface area contributed by atoms with Gasteiger partial charge in [0, 0.05) is 17.5 Å². The van der Waals surface area contributed by atoms with Crippen LogP contribution in [-0.4, -0.2) is 28.3 Å². The van der Waals surface area contributed by atoms with Gasteiger partial charge in [0.2, 0.25) is 0 Å². The number of primary amides is 1. The van der Waals surface area contributed by atoms with Gasteiger partial charge in [-0.15, -0.1) is 11.3 Å². The number of aromatic nitrogens is 2. The molecule has 7 heteroatoms. The number of aryl methyl sites for hydroxylation is 1. The van der Waals surface area contributed by atoms with Gasteiger partial charge in [-0.1, -0.05) is 13.8 Å². The van der Waals surface area contributed by atoms with Crippen molar-refractivity contribution >= 4 is 27.6 Å². The highest BCUT2D eigenvalue weighted by atomic mass is 32.1. The Morgan fingerprint density at radius 3 is 2.75 bits per heavy atom. The Labute approximate surface area is 168 Å². The minimum atomic E-state index is -0.802. The highest BCUT2D eigenvalue weighted by molar-refractivity contribution is 7.17. The van der Waals surface area contributed by atoms with Crippen LogP contribution in [-0.2, 0) is 4.74 Å². The van der Waals surface area contributed by atoms with E-state index >= 15 is 0 Å². The lowest BCUT2D eigenvalue weighted by atomic mass is 9.95. The first-order chi connectivity index (χ1) is 13.3. The van der Waals surface area contributed by atoms with Gasteiger partial charge in [0.1, 0.15) is 23.5 Å². The molecule has 28 heavy (non-hydrogen) atoms. The molecule has 0 saturated carbocycles. The van der Waals surface area contributed by atoms with Crippen LogP contribution in [0, 0.1) is 12.8 Å². The van der Waals surface area contributed by atoms with Gasteiger partial charge in [-0.2, -0.15) is 0 Å². The number of hydrogen-bond acceptors (Lipinski definition) is 6. The summed E-state index contributed by atoms with van der Waals surface area (Å²) >= 11 is 1.57. The van der Waals surface area contributed by atoms with E-state index < -0.39 is 11.7 Å². The average molecular weight is 400 g/mol. The molecule has 6 nitrogen and oxygen atoms in total. The summed E-state index contributed by atoms with van der Waals surface area (Å²) in [5, 5.41) is 0. The maximum Gasteiger partial charge on any atom is 0.405 e. The number of nitrogens with zero attached hydrogens (tertiary/aromatic N) is 2. The van der Waals surface area contributed by atoms with Crippen molar-refractivity contribution in [1.82, 2.24) is 9.97 Å². The molecule has 2 aromatic heterocycles. The van der Waals surface area contributed by atoms with Gasteiger partial charge in [0.15, 0.2) is 0 Å². The van der Waals surface area contributed by atoms with Crippen LogP contribution in [0.25, 0.3) is 21.3 Å². The molecule has 0 aliphatic rings. The molecule has 2 heterocycles. The summed E-state index contributed by atoms with van der Waals surface area (Å²) in [6.45, 7) is 8.14. The first-order valence-corrected chi connectivity index (χ1v) is 10.1. The SMILES string of the molecule is Cc1cc(-c2ccc(OC[C@](C)(CC(C)C)OC(N)=O)c3ncsc23)ccn1. The van der Waals surface area contributed by atoms with Gasteiger partial charge in [0.25, 0.3) is 0 Å². The summed E-state index contributed by atoms with van der Waals surface area (Å²) in [5.41, 5.74) is 10.2. The zero-order valence-corrected chi connectivity index (χ0v) is 17.4. The highest BCUT2D eigenvalue weighted by Gasteiger charge is 2.31. The third-order valence-corrected chi connectivity index (χ3v) is 5.23. The Bertz CT molecular complexity index is 986. The van der Waals surface area contributed by atoms with Gasteiger partial charge < -0.3 is 15.2 Å². The van der Waals surface area contributed by atoms with Gasteiger partial charge in [-0.05, 0) is 56.0 Å². The quantitative estimate of drug-likeness (QED) is 0.608. The third-order valence-electron chi connectivity index (χ3n) is 4.37. The van der Waals surface area contributed by atoms with Gasteiger partial charge in [-0.3, -0.25) is 4.98 Å². The van der Waals surface area contributed by atoms with E-state index in [4.69, 9.17) is 15.2 Å². The van der Waals surface area contributed by atoms with Crippen LogP contribution >= 0.6 is 11.3 Å². The van der Waals surface area contributed by atoms with E-state index in [1.165, 1.54) is 0 Å². The third kappa shape index (κ3) is 4.59. The standard InChI is InChI=1S/C21H25N3O3S/c1-13(2)10-21(4,27-20(22)25)11-26-17-6-5-16(19-18(17)24-12-28-19)15-7-8-23-14(3)9-15/h5-9,12-13H,10-11H2,1-4H3,(H2,22,25)/t21-/m0/s1. The fraction of sp³-hybridized carbons (Fsp3) is 0.381. The van der Waals surface area contributed by atoms with Crippen LogP contribution in [0.3, 0.4) is 0 Å². The predicted octanol–water partition coefficient (Wildman–Crippen LogP) is 4.95. The van der Waals surface area contributed by atoms with Gasteiger partial charge in [-0.25, -0.2) is 9.78 Å². The van der Waals surface area contributed by atoms with Crippen LogP contribution in [0.1, 0.15) is 32.9 Å². The summed E-state index contributed by atoms with van der Waals surface area (Å²) in [6, 6.07) is 7.98. The summed E-state index contributed by atoms with van der Waals surface area (Å²) in [7, 11) is 0. The number of hydrogen-bond donors (Lipinski definition) is 1. The highest BCUT2D eigenvalue weighted by Crippen LogP contribution is 2.37. The smallest absolute Gasteiger partial charge is 0.405 e. The molecule has 0 fully saturated rings. The van der Waals surface area contributed by atoms with Crippen LogP contribution < -0.4 is 10.5 Å². The number of carbonyl (C=O) groups is 1. The number of carbonyl (C=O) groups excluding carboxylic acids is 1. The van der Waals surface area contributed by atoms with Gasteiger partial charge in [0.05, 0.1) is 10.2 Å². The van der Waals surface area contributed by atoms with E-state index in [1.807, 2.05) is 37.6 Å². The zero-order valence-electron chi connectivity index (χ0n) is 16.6. The molecule has 148 valence electrons. The molecule has 1 aromatic carbocycles. The number of nitrogens with two attached hydrogens (primary N) is 1. The molecule has 3 rings (SSSR count). The van der Waals surface area contributed by atoms with Crippen molar-refractivity contribution in [2.75, 3.05) is 6.61 Å². The Balaban J connectivity index is 1.89. The van der Waals surface area contributed by atoms with Crippen molar-refractivity contribution in [3.8, 4) is 16.9 Å². The Kier molecular flexibility index (Phi) is 5.84. The largest absolute Gasteiger partial charge is 0.487 e. The normalized spacial score (nSPS) is 13.5. The second-order valence-corrected chi connectivity index (χ2v) is 8.44. The first-order valence-electron chi connectivity index (χ1n) is 9.18. The topological polar surface area (TPSA) is 87.3 Å². The molecule has 1 atom stereocenters. The first kappa shape index (κ1) is 20.1. The Morgan fingerprint density at radius 2 is 2.07 bits per heavy atom. The van der Waals surface area contributed by atoms with Crippen LogP contribution in [0.2, 0.25) is 0 Å². The van der Waals surface area contributed by atoms with E-state index in [1.54, 1.807) is 17.5 Å². The van der Waals surface area contributed by atoms with Crippen molar-refractivity contribution in [2.45, 2.75) is 39.7 Å². The van der Waals surface area contributed by atoms with E-state index in [-0.39, 0.29) is 6.61 Å². The second-order valence-electron chi connectivity index (χ2n) is 7.58. The molecule has 0 unspecified atom stereocenters. The number of benzene rings is 1. The molecule has 1 amide bonds. The van der Waals surface area contributed by atoms with Crippen molar-refractivity contribution in [2.24, 2.45) is 11.7 Å². The van der Waals surface area contributed by atoms with E-state index in [9.17, 15) is 4.79 Å². The Hall–Kier alpha value is -2.67. The van der Waals surface area contributed by atoms with Crippen LogP contribution in [0.4, 0.5) is 4.79 Å². The van der Waals surface area contributed by atoms with Crippen LogP contribution in [0.5, 0.6) is 5.75 Å². The van der Waals surface area contributed by atoms with Crippen molar-refractivity contribution in [1.29, 1.82) is 0 Å².